The molecule has 0 aliphatic heterocycles. The average Bonchev–Trinajstić information content (AvgIpc) is 3.04. The van der Waals surface area contributed by atoms with Crippen molar-refractivity contribution in [2.75, 3.05) is 6.54 Å². The van der Waals surface area contributed by atoms with E-state index in [1.165, 1.54) is 10.9 Å². The summed E-state index contributed by atoms with van der Waals surface area (Å²) in [7, 11) is 0. The van der Waals surface area contributed by atoms with Crippen molar-refractivity contribution in [3.05, 3.63) is 45.3 Å². The lowest BCUT2D eigenvalue weighted by Crippen LogP contribution is -1.99. The van der Waals surface area contributed by atoms with Crippen LogP contribution in [0.1, 0.15) is 18.4 Å². The first kappa shape index (κ1) is 14.9. The van der Waals surface area contributed by atoms with Gasteiger partial charge >= 0.3 is 0 Å². The maximum Gasteiger partial charge on any atom is 0.0935 e. The molecule has 0 aliphatic carbocycles. The molecular formula is C16H16Cl2N2S. The van der Waals surface area contributed by atoms with E-state index in [1.54, 1.807) is 11.3 Å². The molecule has 5 heteroatoms. The summed E-state index contributed by atoms with van der Waals surface area (Å²) in [6, 6.07) is 10.0. The molecule has 0 spiro atoms. The van der Waals surface area contributed by atoms with Gasteiger partial charge in [-0.05, 0) is 49.6 Å². The highest BCUT2D eigenvalue weighted by Gasteiger charge is 2.15. The minimum absolute atomic E-state index is 0.725. The zero-order chi connectivity index (χ0) is 14.8. The van der Waals surface area contributed by atoms with Gasteiger partial charge in [0, 0.05) is 5.39 Å². The second-order valence-corrected chi connectivity index (χ2v) is 7.11. The molecule has 0 unspecified atom stereocenters. The Bertz CT molecular complexity index is 761. The van der Waals surface area contributed by atoms with E-state index in [2.05, 4.69) is 17.1 Å². The number of thiophene rings is 1. The van der Waals surface area contributed by atoms with E-state index in [0.717, 1.165) is 51.3 Å². The molecule has 2 heterocycles. The molecule has 2 aromatic heterocycles. The summed E-state index contributed by atoms with van der Waals surface area (Å²) in [6.45, 7) is 0.725. The molecule has 21 heavy (non-hydrogen) atoms. The van der Waals surface area contributed by atoms with Crippen LogP contribution < -0.4 is 5.73 Å². The maximum atomic E-state index is 6.32. The lowest BCUT2D eigenvalue weighted by Gasteiger charge is -2.03. The van der Waals surface area contributed by atoms with Gasteiger partial charge in [-0.1, -0.05) is 35.3 Å². The summed E-state index contributed by atoms with van der Waals surface area (Å²) in [5.74, 6) is 0. The molecule has 3 N–H and O–H groups in total. The zero-order valence-electron chi connectivity index (χ0n) is 11.5. The van der Waals surface area contributed by atoms with Crippen molar-refractivity contribution in [3.63, 3.8) is 0 Å². The Hall–Kier alpha value is -1.00. The molecule has 0 radical (unpaired) electrons. The van der Waals surface area contributed by atoms with E-state index < -0.39 is 0 Å². The van der Waals surface area contributed by atoms with Crippen LogP contribution in [0.5, 0.6) is 0 Å². The molecule has 2 nitrogen and oxygen atoms in total. The highest BCUT2D eigenvalue weighted by molar-refractivity contribution is 7.19. The first-order valence-electron chi connectivity index (χ1n) is 6.95. The first-order chi connectivity index (χ1) is 10.2. The SMILES string of the molecule is NCCCCc1c(-c2ccc(Cl)s2)[nH]c2c(Cl)cccc12. The van der Waals surface area contributed by atoms with Gasteiger partial charge in [0.2, 0.25) is 0 Å². The van der Waals surface area contributed by atoms with Crippen LogP contribution in [-0.2, 0) is 6.42 Å². The van der Waals surface area contributed by atoms with Crippen LogP contribution in [-0.4, -0.2) is 11.5 Å². The smallest absolute Gasteiger partial charge is 0.0935 e. The van der Waals surface area contributed by atoms with Crippen LogP contribution in [0.25, 0.3) is 21.5 Å². The fraction of sp³-hybridized carbons (Fsp3) is 0.250. The highest BCUT2D eigenvalue weighted by Crippen LogP contribution is 2.38. The summed E-state index contributed by atoms with van der Waals surface area (Å²) >= 11 is 14.0. The third kappa shape index (κ3) is 2.97. The molecule has 0 saturated heterocycles. The van der Waals surface area contributed by atoms with E-state index in [1.807, 2.05) is 18.2 Å². The summed E-state index contributed by atoms with van der Waals surface area (Å²) in [5, 5.41) is 1.94. The molecule has 1 aromatic carbocycles. The van der Waals surface area contributed by atoms with Crippen LogP contribution >= 0.6 is 34.5 Å². The quantitative estimate of drug-likeness (QED) is 0.594. The van der Waals surface area contributed by atoms with Gasteiger partial charge in [0.15, 0.2) is 0 Å². The second-order valence-electron chi connectivity index (χ2n) is 4.99. The molecule has 0 aliphatic rings. The average molecular weight is 339 g/mol. The van der Waals surface area contributed by atoms with E-state index >= 15 is 0 Å². The number of para-hydroxylation sites is 1. The standard InChI is InChI=1S/C16H16Cl2N2S/c17-12-6-3-5-10-11(4-1-2-9-19)16(20-15(10)12)13-7-8-14(18)21-13/h3,5-8,20H,1-2,4,9,19H2. The molecule has 0 saturated carbocycles. The molecule has 3 rings (SSSR count). The molecule has 0 fully saturated rings. The largest absolute Gasteiger partial charge is 0.352 e. The van der Waals surface area contributed by atoms with Crippen LogP contribution in [0.4, 0.5) is 0 Å². The fourth-order valence-corrected chi connectivity index (χ4v) is 3.90. The number of aryl methyl sites for hydroxylation is 1. The Morgan fingerprint density at radius 1 is 1.10 bits per heavy atom. The summed E-state index contributed by atoms with van der Waals surface area (Å²) in [4.78, 5) is 4.63. The number of benzene rings is 1. The van der Waals surface area contributed by atoms with E-state index in [-0.39, 0.29) is 0 Å². The highest BCUT2D eigenvalue weighted by atomic mass is 35.5. The van der Waals surface area contributed by atoms with E-state index in [0.29, 0.717) is 0 Å². The van der Waals surface area contributed by atoms with Crippen molar-refractivity contribution < 1.29 is 0 Å². The molecular weight excluding hydrogens is 323 g/mol. The van der Waals surface area contributed by atoms with E-state index in [9.17, 15) is 0 Å². The van der Waals surface area contributed by atoms with Gasteiger partial charge in [0.1, 0.15) is 0 Å². The molecule has 3 aromatic rings. The maximum absolute atomic E-state index is 6.32. The Morgan fingerprint density at radius 3 is 2.67 bits per heavy atom. The molecule has 0 atom stereocenters. The third-order valence-electron chi connectivity index (χ3n) is 3.59. The predicted octanol–water partition coefficient (Wildman–Crippen LogP) is 5.48. The van der Waals surface area contributed by atoms with Gasteiger partial charge < -0.3 is 10.7 Å². The van der Waals surface area contributed by atoms with Crippen LogP contribution in [0.2, 0.25) is 9.36 Å². The number of hydrogen-bond donors (Lipinski definition) is 2. The topological polar surface area (TPSA) is 41.8 Å². The predicted molar refractivity (Wildman–Crippen MR) is 93.6 cm³/mol. The van der Waals surface area contributed by atoms with Crippen LogP contribution in [0.15, 0.2) is 30.3 Å². The lowest BCUT2D eigenvalue weighted by atomic mass is 10.0. The Morgan fingerprint density at radius 2 is 1.95 bits per heavy atom. The van der Waals surface area contributed by atoms with Crippen LogP contribution in [0, 0.1) is 0 Å². The number of aromatic nitrogens is 1. The Balaban J connectivity index is 2.12. The van der Waals surface area contributed by atoms with Gasteiger partial charge in [-0.15, -0.1) is 11.3 Å². The summed E-state index contributed by atoms with van der Waals surface area (Å²) in [6.07, 6.45) is 3.09. The summed E-state index contributed by atoms with van der Waals surface area (Å²) in [5.41, 5.74) is 9.05. The Kier molecular flexibility index (Phi) is 4.55. The third-order valence-corrected chi connectivity index (χ3v) is 5.15. The number of nitrogens with one attached hydrogen (secondary N) is 1. The van der Waals surface area contributed by atoms with Gasteiger partial charge in [0.05, 0.1) is 25.4 Å². The van der Waals surface area contributed by atoms with Gasteiger partial charge in [-0.2, -0.15) is 0 Å². The number of H-pyrrole nitrogens is 1. The van der Waals surface area contributed by atoms with E-state index in [4.69, 9.17) is 28.9 Å². The van der Waals surface area contributed by atoms with Gasteiger partial charge in [-0.25, -0.2) is 0 Å². The minimum atomic E-state index is 0.725. The van der Waals surface area contributed by atoms with Crippen molar-refractivity contribution in [3.8, 4) is 10.6 Å². The van der Waals surface area contributed by atoms with Crippen molar-refractivity contribution in [2.24, 2.45) is 5.73 Å². The number of halogens is 2. The zero-order valence-corrected chi connectivity index (χ0v) is 13.8. The number of nitrogens with two attached hydrogens (primary N) is 1. The second kappa shape index (κ2) is 6.41. The minimum Gasteiger partial charge on any atom is -0.352 e. The lowest BCUT2D eigenvalue weighted by molar-refractivity contribution is 0.748. The number of hydrogen-bond acceptors (Lipinski definition) is 2. The normalized spacial score (nSPS) is 11.4. The fourth-order valence-electron chi connectivity index (χ4n) is 2.60. The molecule has 0 bridgehead atoms. The summed E-state index contributed by atoms with van der Waals surface area (Å²) < 4.78 is 0.794. The number of aromatic amines is 1. The first-order valence-corrected chi connectivity index (χ1v) is 8.53. The number of unbranched alkanes of at least 4 members (excludes halogenated alkanes) is 1. The van der Waals surface area contributed by atoms with Gasteiger partial charge in [0.25, 0.3) is 0 Å². The number of rotatable bonds is 5. The van der Waals surface area contributed by atoms with Crippen molar-refractivity contribution in [1.29, 1.82) is 0 Å². The molecule has 110 valence electrons. The van der Waals surface area contributed by atoms with Gasteiger partial charge in [-0.3, -0.25) is 0 Å². The van der Waals surface area contributed by atoms with Crippen molar-refractivity contribution in [2.45, 2.75) is 19.3 Å². The van der Waals surface area contributed by atoms with Crippen molar-refractivity contribution in [1.82, 2.24) is 4.98 Å². The monoisotopic (exact) mass is 338 g/mol. The Labute approximate surface area is 137 Å². The number of fused-ring (bicyclic) bond motifs is 1. The molecule has 0 amide bonds. The van der Waals surface area contributed by atoms with Crippen LogP contribution in [0.3, 0.4) is 0 Å². The van der Waals surface area contributed by atoms with Crippen molar-refractivity contribution >= 4 is 45.4 Å².